The Morgan fingerprint density at radius 3 is 2.00 bits per heavy atom. The van der Waals surface area contributed by atoms with Crippen molar-refractivity contribution in [2.75, 3.05) is 21.3 Å². The van der Waals surface area contributed by atoms with E-state index in [2.05, 4.69) is 37.2 Å². The van der Waals surface area contributed by atoms with Crippen LogP contribution in [0.5, 0.6) is 17.2 Å². The lowest BCUT2D eigenvalue weighted by Crippen LogP contribution is -2.42. The average molecular weight is 456 g/mol. The Morgan fingerprint density at radius 1 is 1.22 bits per heavy atom. The summed E-state index contributed by atoms with van der Waals surface area (Å²) in [5.41, 5.74) is 0.389. The summed E-state index contributed by atoms with van der Waals surface area (Å²) in [6, 6.07) is 2.02. The number of carbonyl (C=O) groups excluding carboxylic acids is 1. The van der Waals surface area contributed by atoms with Gasteiger partial charge >= 0.3 is 3.36 Å². The molecule has 1 atom stereocenters. The van der Waals surface area contributed by atoms with Crippen molar-refractivity contribution in [3.8, 4) is 17.2 Å². The topological polar surface area (TPSA) is 99.9 Å². The first-order chi connectivity index (χ1) is 10.7. The molecule has 0 aromatic heterocycles. The summed E-state index contributed by atoms with van der Waals surface area (Å²) in [4.78, 5) is 22.2. The van der Waals surface area contributed by atoms with E-state index >= 15 is 0 Å². The van der Waals surface area contributed by atoms with Gasteiger partial charge in [-0.1, -0.05) is 0 Å². The fourth-order valence-electron chi connectivity index (χ4n) is 1.95. The summed E-state index contributed by atoms with van der Waals surface area (Å²) in [7, 11) is 4.30. The van der Waals surface area contributed by atoms with Gasteiger partial charge in [0.25, 0.3) is 0 Å². The second-order valence-electron chi connectivity index (χ2n) is 4.44. The van der Waals surface area contributed by atoms with Crippen LogP contribution in [0.3, 0.4) is 0 Å². The molecule has 0 aliphatic rings. The maximum atomic E-state index is 11.5. The first kappa shape index (κ1) is 19.5. The van der Waals surface area contributed by atoms with E-state index in [0.717, 1.165) is 0 Å². The number of benzene rings is 1. The lowest BCUT2D eigenvalue weighted by Gasteiger charge is -2.25. The number of hydrogen-bond acceptors (Lipinski definition) is 6. The van der Waals surface area contributed by atoms with Crippen molar-refractivity contribution in [2.45, 2.75) is 16.3 Å². The summed E-state index contributed by atoms with van der Waals surface area (Å²) in [5, 5.41) is 13.9. The number of nitro groups is 1. The van der Waals surface area contributed by atoms with Crippen LogP contribution in [0.2, 0.25) is 0 Å². The van der Waals surface area contributed by atoms with E-state index in [9.17, 15) is 14.9 Å². The van der Waals surface area contributed by atoms with Crippen molar-refractivity contribution in [3.63, 3.8) is 0 Å². The largest absolute Gasteiger partial charge is 0.493 e. The Labute approximate surface area is 149 Å². The second kappa shape index (κ2) is 7.82. The van der Waals surface area contributed by atoms with Gasteiger partial charge in [0.1, 0.15) is 6.04 Å². The number of ether oxygens (including phenoxy) is 3. The highest BCUT2D eigenvalue weighted by molar-refractivity contribution is 9.25. The van der Waals surface area contributed by atoms with Crippen molar-refractivity contribution in [1.29, 1.82) is 0 Å². The van der Waals surface area contributed by atoms with Crippen LogP contribution >= 0.6 is 31.9 Å². The highest BCUT2D eigenvalue weighted by Crippen LogP contribution is 2.45. The zero-order chi connectivity index (χ0) is 17.8. The molecule has 0 heterocycles. The second-order valence-corrected chi connectivity index (χ2v) is 7.92. The number of carbonyl (C=O) groups is 1. The van der Waals surface area contributed by atoms with Crippen molar-refractivity contribution < 1.29 is 23.9 Å². The Bertz CT molecular complexity index is 583. The highest BCUT2D eigenvalue weighted by atomic mass is 79.9. The molecule has 1 N–H and O–H groups in total. The van der Waals surface area contributed by atoms with Gasteiger partial charge in [-0.25, -0.2) is 0 Å². The number of halogens is 2. The maximum Gasteiger partial charge on any atom is 0.350 e. The quantitative estimate of drug-likeness (QED) is 0.293. The van der Waals surface area contributed by atoms with E-state index in [0.29, 0.717) is 22.8 Å². The number of nitrogens with zero attached hydrogens (tertiary/aromatic N) is 1. The fraction of sp³-hybridized carbons (Fsp3) is 0.462. The predicted octanol–water partition coefficient (Wildman–Crippen LogP) is 2.61. The van der Waals surface area contributed by atoms with Crippen LogP contribution in [0, 0.1) is 10.1 Å². The predicted molar refractivity (Wildman–Crippen MR) is 90.2 cm³/mol. The summed E-state index contributed by atoms with van der Waals surface area (Å²) in [6.45, 7) is 1.26. The normalized spacial score (nSPS) is 12.3. The molecule has 1 unspecified atom stereocenters. The highest BCUT2D eigenvalue weighted by Gasteiger charge is 2.48. The first-order valence-corrected chi connectivity index (χ1v) is 7.86. The van der Waals surface area contributed by atoms with Crippen LogP contribution < -0.4 is 19.5 Å². The zero-order valence-corrected chi connectivity index (χ0v) is 16.1. The number of nitrogens with one attached hydrogen (secondary N) is 1. The molecule has 0 aliphatic carbocycles. The molecule has 1 rings (SSSR count). The molecule has 0 saturated heterocycles. The lowest BCUT2D eigenvalue weighted by atomic mass is 10.0. The van der Waals surface area contributed by atoms with Gasteiger partial charge < -0.3 is 19.5 Å². The number of hydrogen-bond donors (Lipinski definition) is 1. The van der Waals surface area contributed by atoms with Gasteiger partial charge in [0.15, 0.2) is 11.5 Å². The van der Waals surface area contributed by atoms with Crippen LogP contribution in [0.1, 0.15) is 18.5 Å². The van der Waals surface area contributed by atoms with E-state index in [1.807, 2.05) is 0 Å². The molecule has 0 fully saturated rings. The zero-order valence-electron chi connectivity index (χ0n) is 12.9. The Balaban J connectivity index is 3.53. The molecular formula is C13H16Br2N2O6. The molecule has 0 saturated carbocycles. The van der Waals surface area contributed by atoms with Crippen LogP contribution in [-0.2, 0) is 4.79 Å². The van der Waals surface area contributed by atoms with Gasteiger partial charge in [-0.05, 0) is 17.7 Å². The third-order valence-corrected chi connectivity index (χ3v) is 4.45. The molecule has 0 radical (unpaired) electrons. The molecule has 0 spiro atoms. The van der Waals surface area contributed by atoms with Gasteiger partial charge in [-0.3, -0.25) is 14.9 Å². The average Bonchev–Trinajstić information content (AvgIpc) is 2.50. The van der Waals surface area contributed by atoms with Crippen LogP contribution in [0.4, 0.5) is 0 Å². The van der Waals surface area contributed by atoms with E-state index in [1.54, 1.807) is 0 Å². The number of rotatable bonds is 7. The minimum absolute atomic E-state index is 0.316. The monoisotopic (exact) mass is 454 g/mol. The maximum absolute atomic E-state index is 11.5. The van der Waals surface area contributed by atoms with Gasteiger partial charge in [-0.2, -0.15) is 0 Å². The van der Waals surface area contributed by atoms with E-state index in [4.69, 9.17) is 14.2 Å². The van der Waals surface area contributed by atoms with Crippen molar-refractivity contribution >= 4 is 37.8 Å². The molecule has 1 aromatic rings. The third kappa shape index (κ3) is 4.25. The third-order valence-electron chi connectivity index (χ3n) is 2.96. The summed E-state index contributed by atoms with van der Waals surface area (Å²) in [6.07, 6.45) is 0. The molecule has 0 aliphatic heterocycles. The Morgan fingerprint density at radius 2 is 1.70 bits per heavy atom. The fourth-order valence-corrected chi connectivity index (χ4v) is 2.70. The minimum atomic E-state index is -1.81. The molecule has 1 amide bonds. The van der Waals surface area contributed by atoms with Crippen LogP contribution in [-0.4, -0.2) is 35.5 Å². The molecule has 23 heavy (non-hydrogen) atoms. The van der Waals surface area contributed by atoms with Crippen molar-refractivity contribution in [2.24, 2.45) is 0 Å². The number of methoxy groups -OCH3 is 3. The Kier molecular flexibility index (Phi) is 6.63. The van der Waals surface area contributed by atoms with E-state index in [-0.39, 0.29) is 0 Å². The van der Waals surface area contributed by atoms with E-state index in [1.165, 1.54) is 40.4 Å². The molecule has 10 heteroatoms. The van der Waals surface area contributed by atoms with Crippen LogP contribution in [0.15, 0.2) is 12.1 Å². The summed E-state index contributed by atoms with van der Waals surface area (Å²) in [5.74, 6) is 0.540. The Hall–Kier alpha value is -1.55. The lowest BCUT2D eigenvalue weighted by molar-refractivity contribution is -0.509. The van der Waals surface area contributed by atoms with Gasteiger partial charge in [0, 0.05) is 38.8 Å². The number of alkyl halides is 2. The molecule has 1 aromatic carbocycles. The van der Waals surface area contributed by atoms with Gasteiger partial charge in [0.2, 0.25) is 11.7 Å². The number of amides is 1. The molecule has 8 nitrogen and oxygen atoms in total. The standard InChI is InChI=1S/C13H16Br2N2O6/c1-7(18)16-12(13(14,15)17(19)20)8-5-9(21-2)11(23-4)10(6-8)22-3/h5-6,12H,1-4H3,(H,16,18). The van der Waals surface area contributed by atoms with Gasteiger partial charge in [0.05, 0.1) is 26.3 Å². The summed E-state index contributed by atoms with van der Waals surface area (Å²) >= 11 is 5.99. The van der Waals surface area contributed by atoms with Crippen molar-refractivity contribution in [1.82, 2.24) is 5.32 Å². The SMILES string of the molecule is COc1cc(C(NC(C)=O)C(Br)(Br)[N+](=O)[O-])cc(OC)c1OC. The van der Waals surface area contributed by atoms with E-state index < -0.39 is 20.2 Å². The minimum Gasteiger partial charge on any atom is -0.493 e. The molecule has 128 valence electrons. The smallest absolute Gasteiger partial charge is 0.350 e. The molecule has 0 bridgehead atoms. The first-order valence-electron chi connectivity index (χ1n) is 6.28. The summed E-state index contributed by atoms with van der Waals surface area (Å²) < 4.78 is 13.9. The molecular weight excluding hydrogens is 440 g/mol. The van der Waals surface area contributed by atoms with Gasteiger partial charge in [-0.15, -0.1) is 0 Å². The van der Waals surface area contributed by atoms with Crippen molar-refractivity contribution in [3.05, 3.63) is 27.8 Å². The van der Waals surface area contributed by atoms with Crippen LogP contribution in [0.25, 0.3) is 0 Å².